The van der Waals surface area contributed by atoms with Gasteiger partial charge in [-0.3, -0.25) is 0 Å². The van der Waals surface area contributed by atoms with Gasteiger partial charge in [0, 0.05) is 0 Å². The van der Waals surface area contributed by atoms with E-state index in [1.54, 1.807) is 24.8 Å². The highest BCUT2D eigenvalue weighted by Gasteiger charge is 2.57. The van der Waals surface area contributed by atoms with Crippen molar-refractivity contribution in [1.29, 1.82) is 0 Å². The number of rotatable bonds is 2. The molecule has 4 saturated carbocycles. The second-order valence-corrected chi connectivity index (χ2v) is 11.1. The van der Waals surface area contributed by atoms with Gasteiger partial charge in [-0.25, -0.2) is 0 Å². The molecule has 0 radical (unpaired) electrons. The minimum absolute atomic E-state index is 0.667. The van der Waals surface area contributed by atoms with E-state index in [-0.39, 0.29) is 0 Å². The van der Waals surface area contributed by atoms with Crippen LogP contribution in [0, 0.1) is 40.4 Å². The van der Waals surface area contributed by atoms with Crippen LogP contribution in [0.25, 0.3) is 0 Å². The quantitative estimate of drug-likeness (QED) is 0.526. The van der Waals surface area contributed by atoms with Gasteiger partial charge in [0.1, 0.15) is 0 Å². The van der Waals surface area contributed by atoms with Gasteiger partial charge in [0.2, 0.25) is 0 Å². The lowest BCUT2D eigenvalue weighted by molar-refractivity contribution is -0.111. The van der Waals surface area contributed by atoms with Crippen molar-refractivity contribution in [2.24, 2.45) is 40.4 Å². The lowest BCUT2D eigenvalue weighted by Crippen LogP contribution is -2.52. The predicted octanol–water partition coefficient (Wildman–Crippen LogP) is 7.28. The molecule has 26 heavy (non-hydrogen) atoms. The summed E-state index contributed by atoms with van der Waals surface area (Å²) in [6.07, 6.45) is 16.6. The zero-order chi connectivity index (χ0) is 17.8. The van der Waals surface area contributed by atoms with Crippen molar-refractivity contribution < 1.29 is 0 Å². The molecule has 0 N–H and O–H groups in total. The molecule has 0 bridgehead atoms. The molecule has 4 fully saturated rings. The first-order valence-electron chi connectivity index (χ1n) is 11.6. The van der Waals surface area contributed by atoms with E-state index in [0.717, 1.165) is 35.0 Å². The van der Waals surface area contributed by atoms with Gasteiger partial charge in [0.05, 0.1) is 0 Å². The third kappa shape index (κ3) is 2.70. The molecule has 0 unspecified atom stereocenters. The Morgan fingerprint density at radius 1 is 0.846 bits per heavy atom. The molecule has 0 amide bonds. The molecule has 0 heteroatoms. The molecule has 0 nitrogen and oxygen atoms in total. The molecule has 1 aromatic rings. The average Bonchev–Trinajstić information content (AvgIpc) is 3.05. The van der Waals surface area contributed by atoms with Crippen LogP contribution in [0.5, 0.6) is 0 Å². The molecule has 0 aromatic heterocycles. The van der Waals surface area contributed by atoms with Crippen LogP contribution in [0.3, 0.4) is 0 Å². The van der Waals surface area contributed by atoms with Gasteiger partial charge in [0.15, 0.2) is 0 Å². The van der Waals surface area contributed by atoms with Crippen LogP contribution < -0.4 is 0 Å². The van der Waals surface area contributed by atoms with Crippen LogP contribution in [0.1, 0.15) is 83.6 Å². The fourth-order valence-electron chi connectivity index (χ4n) is 8.47. The molecule has 0 aliphatic heterocycles. The van der Waals surface area contributed by atoms with E-state index in [1.807, 2.05) is 0 Å². The molecule has 7 atom stereocenters. The van der Waals surface area contributed by atoms with E-state index in [1.165, 1.54) is 51.4 Å². The second kappa shape index (κ2) is 6.39. The Hall–Kier alpha value is -0.780. The van der Waals surface area contributed by atoms with Crippen molar-refractivity contribution in [2.75, 3.05) is 0 Å². The fourth-order valence-corrected chi connectivity index (χ4v) is 8.47. The molecular formula is C26H38. The van der Waals surface area contributed by atoms with Crippen LogP contribution in [-0.4, -0.2) is 0 Å². The monoisotopic (exact) mass is 350 g/mol. The van der Waals surface area contributed by atoms with Crippen molar-refractivity contribution in [3.63, 3.8) is 0 Å². The van der Waals surface area contributed by atoms with E-state index < -0.39 is 0 Å². The molecular weight excluding hydrogens is 312 g/mol. The number of hydrogen-bond acceptors (Lipinski definition) is 0. The molecule has 1 aromatic carbocycles. The van der Waals surface area contributed by atoms with E-state index in [0.29, 0.717) is 5.41 Å². The van der Waals surface area contributed by atoms with Crippen LogP contribution in [0.4, 0.5) is 0 Å². The zero-order valence-corrected chi connectivity index (χ0v) is 17.1. The zero-order valence-electron chi connectivity index (χ0n) is 17.1. The highest BCUT2D eigenvalue weighted by atomic mass is 14.6. The lowest BCUT2D eigenvalue weighted by Gasteiger charge is -2.60. The summed E-state index contributed by atoms with van der Waals surface area (Å²) in [5, 5.41) is 0. The Kier molecular flexibility index (Phi) is 4.26. The Morgan fingerprint density at radius 3 is 2.54 bits per heavy atom. The van der Waals surface area contributed by atoms with Gasteiger partial charge < -0.3 is 0 Å². The van der Waals surface area contributed by atoms with E-state index in [2.05, 4.69) is 44.2 Å². The van der Waals surface area contributed by atoms with Gasteiger partial charge in [-0.15, -0.1) is 0 Å². The van der Waals surface area contributed by atoms with Crippen LogP contribution >= 0.6 is 0 Å². The molecule has 142 valence electrons. The number of fused-ring (bicyclic) bond motifs is 5. The Bertz CT molecular complexity index is 633. The summed E-state index contributed by atoms with van der Waals surface area (Å²) in [6, 6.07) is 11.3. The summed E-state index contributed by atoms with van der Waals surface area (Å²) in [5.74, 6) is 5.14. The van der Waals surface area contributed by atoms with Crippen LogP contribution in [0.15, 0.2) is 30.3 Å². The minimum atomic E-state index is 0.667. The summed E-state index contributed by atoms with van der Waals surface area (Å²) in [5.41, 5.74) is 2.95. The summed E-state index contributed by atoms with van der Waals surface area (Å²) in [6.45, 7) is 5.37. The Balaban J connectivity index is 1.31. The maximum absolute atomic E-state index is 2.73. The van der Waals surface area contributed by atoms with Crippen molar-refractivity contribution in [1.82, 2.24) is 0 Å². The first-order valence-corrected chi connectivity index (χ1v) is 11.6. The van der Waals surface area contributed by atoms with Gasteiger partial charge >= 0.3 is 0 Å². The summed E-state index contributed by atoms with van der Waals surface area (Å²) >= 11 is 0. The average molecular weight is 351 g/mol. The van der Waals surface area contributed by atoms with E-state index in [9.17, 15) is 0 Å². The van der Waals surface area contributed by atoms with Gasteiger partial charge in [-0.1, -0.05) is 50.6 Å². The maximum atomic E-state index is 2.73. The van der Waals surface area contributed by atoms with Crippen molar-refractivity contribution in [2.45, 2.75) is 84.5 Å². The van der Waals surface area contributed by atoms with Crippen molar-refractivity contribution in [3.05, 3.63) is 35.9 Å². The third-order valence-corrected chi connectivity index (χ3v) is 9.92. The molecule has 4 aliphatic carbocycles. The highest BCUT2D eigenvalue weighted by molar-refractivity contribution is 5.16. The normalized spacial score (nSPS) is 47.7. The van der Waals surface area contributed by atoms with Gasteiger partial charge in [-0.2, -0.15) is 0 Å². The molecule has 0 saturated heterocycles. The predicted molar refractivity (Wildman–Crippen MR) is 110 cm³/mol. The van der Waals surface area contributed by atoms with Crippen molar-refractivity contribution in [3.8, 4) is 0 Å². The minimum Gasteiger partial charge on any atom is -0.0622 e. The Morgan fingerprint density at radius 2 is 1.69 bits per heavy atom. The topological polar surface area (TPSA) is 0 Å². The van der Waals surface area contributed by atoms with Crippen LogP contribution in [0.2, 0.25) is 0 Å². The van der Waals surface area contributed by atoms with Gasteiger partial charge in [0.25, 0.3) is 0 Å². The first-order chi connectivity index (χ1) is 12.6. The molecule has 5 rings (SSSR count). The smallest absolute Gasteiger partial charge is 0.0250 e. The summed E-state index contributed by atoms with van der Waals surface area (Å²) in [7, 11) is 0. The third-order valence-electron chi connectivity index (χ3n) is 9.92. The lowest BCUT2D eigenvalue weighted by atomic mass is 9.44. The summed E-state index contributed by atoms with van der Waals surface area (Å²) < 4.78 is 0. The van der Waals surface area contributed by atoms with E-state index in [4.69, 9.17) is 0 Å². The number of benzene rings is 1. The van der Waals surface area contributed by atoms with E-state index >= 15 is 0 Å². The molecule has 0 spiro atoms. The first kappa shape index (κ1) is 17.3. The van der Waals surface area contributed by atoms with Crippen molar-refractivity contribution >= 4 is 0 Å². The molecule has 0 heterocycles. The maximum Gasteiger partial charge on any atom is -0.0250 e. The fraction of sp³-hybridized carbons (Fsp3) is 0.769. The standard InChI is InChI=1S/C26H38/c1-25-14-6-9-23(25)22-11-10-21-18-20(17-19-7-4-3-5-8-19)12-16-26(21,2)24(22)13-15-25/h3-5,7-8,20-24H,6,9-18H2,1-2H3/t20-,21+,22+,23-,24-,25+,26+/m1/s1. The highest BCUT2D eigenvalue weighted by Crippen LogP contribution is 2.66. The van der Waals surface area contributed by atoms with Gasteiger partial charge in [-0.05, 0) is 110 Å². The SMILES string of the molecule is C[C@@]12CCC[C@@H]1[C@@H]1CC[C@H]3C[C@@H](Cc4ccccc4)CC[C@]3(C)[C@@H]1CC2. The number of hydrogen-bond donors (Lipinski definition) is 0. The summed E-state index contributed by atoms with van der Waals surface area (Å²) in [4.78, 5) is 0. The molecule has 4 aliphatic rings. The van der Waals surface area contributed by atoms with Crippen LogP contribution in [-0.2, 0) is 6.42 Å². The largest absolute Gasteiger partial charge is 0.0622 e. The Labute approximate surface area is 161 Å². The second-order valence-electron chi connectivity index (χ2n) is 11.1.